The van der Waals surface area contributed by atoms with E-state index in [1.807, 2.05) is 12.1 Å². The quantitative estimate of drug-likeness (QED) is 0.0371. The summed E-state index contributed by atoms with van der Waals surface area (Å²) in [6, 6.07) is 16.9. The van der Waals surface area contributed by atoms with Crippen molar-refractivity contribution in [1.82, 2.24) is 0 Å². The lowest BCUT2D eigenvalue weighted by molar-refractivity contribution is -0.0254. The molecule has 0 aliphatic rings. The second-order valence-electron chi connectivity index (χ2n) is 30.0. The van der Waals surface area contributed by atoms with Crippen LogP contribution in [-0.2, 0) is 161 Å². The molecule has 0 spiro atoms. The van der Waals surface area contributed by atoms with Gasteiger partial charge in [0.05, 0.1) is 475 Å². The van der Waals surface area contributed by atoms with Crippen LogP contribution >= 0.6 is 0 Å². The van der Waals surface area contributed by atoms with Gasteiger partial charge in [-0.25, -0.2) is 0 Å². The Kier molecular flexibility index (Phi) is 113. The summed E-state index contributed by atoms with van der Waals surface area (Å²) in [6.07, 6.45) is 5.52. The summed E-state index contributed by atoms with van der Waals surface area (Å²) in [6.45, 7) is 40.1. The van der Waals surface area contributed by atoms with Crippen LogP contribution in [0.5, 0.6) is 0 Å². The van der Waals surface area contributed by atoms with Crippen LogP contribution in [0.2, 0.25) is 0 Å². The molecule has 0 saturated heterocycles. The van der Waals surface area contributed by atoms with Crippen LogP contribution in [0.3, 0.4) is 0 Å². The SMILES string of the molecule is Cc1cc(NCCOCCOCCOCCOCCOCCOCCOCCOCCOCCO)ccc1C(c1ccco1)c1ccc(NCCOCCOCCOCCOCCOCCOCCOCCOCCOCCO)cc1C.OCCOCCOCCOCCOCCCCOCCOCCOCCOCCO.OCCOCCOCCOCCOCCCCOCCOCCOCCOCCO. The van der Waals surface area contributed by atoms with Gasteiger partial charge in [-0.05, 0) is 98.2 Å². The number of hydrogen-bond acceptors (Lipinski definition) is 43. The molecule has 0 unspecified atom stereocenters. The Hall–Kier alpha value is -4.28. The standard InChI is InChI=1S/C59H100N2O21.2C20H42O10/c1-52-50-54(60-9-14-64-18-22-68-26-30-72-34-38-76-42-46-80-48-44-78-40-36-74-32-28-70-24-20-66-16-11-62)5-7-56(52)59(58-4-3-13-82-58)57-8-6-55(51-53(57)2)61-10-15-65-19-23-69-27-31-73-35-39-77-43-47-81-49-45-79-41-37-75-33-29-71-25-21-67-17-12-63;2*21-3-7-25-11-15-29-19-17-27-13-9-23-5-1-2-6-24-10-14-28-18-20-30-16-12-26-8-4-22/h3-8,13,50-51,59-63H,9-12,14-49H2,1-2H3;2*21-22H,1-20H2. The zero-order valence-electron chi connectivity index (χ0n) is 85.8. The fourth-order valence-electron chi connectivity index (χ4n) is 11.7. The number of unbranched alkanes of at least 4 members (excludes halogenated alkanes) is 2. The third-order valence-corrected chi connectivity index (χ3v) is 18.6. The lowest BCUT2D eigenvalue weighted by atomic mass is 9.84. The molecule has 43 heteroatoms. The first kappa shape index (κ1) is 136. The van der Waals surface area contributed by atoms with E-state index in [0.29, 0.717) is 462 Å². The van der Waals surface area contributed by atoms with Crippen LogP contribution < -0.4 is 10.6 Å². The number of furan rings is 1. The van der Waals surface area contributed by atoms with Gasteiger partial charge in [0.2, 0.25) is 0 Å². The molecule has 0 radical (unpaired) electrons. The highest BCUT2D eigenvalue weighted by molar-refractivity contribution is 5.56. The summed E-state index contributed by atoms with van der Waals surface area (Å²) in [7, 11) is 0. The highest BCUT2D eigenvalue weighted by atomic mass is 16.6. The normalized spacial score (nSPS) is 11.6. The van der Waals surface area contributed by atoms with Crippen molar-refractivity contribution in [3.8, 4) is 0 Å². The smallest absolute Gasteiger partial charge is 0.115 e. The molecule has 0 amide bonds. The van der Waals surface area contributed by atoms with Gasteiger partial charge < -0.3 is 207 Å². The number of ether oxygens (including phenoxy) is 34. The van der Waals surface area contributed by atoms with Crippen molar-refractivity contribution >= 4 is 11.4 Å². The van der Waals surface area contributed by atoms with Crippen LogP contribution in [0.15, 0.2) is 59.2 Å². The molecule has 43 nitrogen and oxygen atoms in total. The van der Waals surface area contributed by atoms with E-state index in [-0.39, 0.29) is 45.6 Å². The van der Waals surface area contributed by atoms with E-state index in [2.05, 4.69) is 60.9 Å². The second-order valence-corrected chi connectivity index (χ2v) is 30.0. The van der Waals surface area contributed by atoms with Crippen molar-refractivity contribution in [1.29, 1.82) is 0 Å². The Morgan fingerprint density at radius 2 is 0.338 bits per heavy atom. The first-order valence-electron chi connectivity index (χ1n) is 50.5. The number of benzene rings is 2. The van der Waals surface area contributed by atoms with Gasteiger partial charge in [0.1, 0.15) is 5.76 Å². The molecular weight excluding hydrogens is 1870 g/mol. The van der Waals surface area contributed by atoms with Gasteiger partial charge >= 0.3 is 0 Å². The molecule has 0 atom stereocenters. The molecule has 2 aromatic carbocycles. The average Bonchev–Trinajstić information content (AvgIpc) is 1.11. The van der Waals surface area contributed by atoms with Crippen LogP contribution in [0.25, 0.3) is 0 Å². The minimum Gasteiger partial charge on any atom is -0.468 e. The number of nitrogens with one attached hydrogen (secondary N) is 2. The Morgan fingerprint density at radius 3 is 0.479 bits per heavy atom. The van der Waals surface area contributed by atoms with Crippen molar-refractivity contribution in [2.75, 3.05) is 513 Å². The summed E-state index contributed by atoms with van der Waals surface area (Å²) >= 11 is 0. The van der Waals surface area contributed by atoms with Gasteiger partial charge in [-0.2, -0.15) is 0 Å². The summed E-state index contributed by atoms with van der Waals surface area (Å²) in [5, 5.41) is 58.4. The Morgan fingerprint density at radius 1 is 0.190 bits per heavy atom. The fraction of sp³-hybridized carbons (Fsp3) is 0.838. The molecule has 0 bridgehead atoms. The average molecular weight is 2060 g/mol. The lowest BCUT2D eigenvalue weighted by Crippen LogP contribution is -2.16. The Labute approximate surface area is 844 Å². The van der Waals surface area contributed by atoms with Gasteiger partial charge in [0.25, 0.3) is 0 Å². The maximum atomic E-state index is 8.64. The van der Waals surface area contributed by atoms with Gasteiger partial charge in [-0.15, -0.1) is 0 Å². The number of rotatable bonds is 117. The topological polar surface area (TPSA) is 472 Å². The minimum absolute atomic E-state index is 0.0172. The number of aliphatic hydroxyl groups excluding tert-OH is 6. The molecule has 0 fully saturated rings. The van der Waals surface area contributed by atoms with Crippen LogP contribution in [-0.4, -0.2) is 533 Å². The highest BCUT2D eigenvalue weighted by Crippen LogP contribution is 2.37. The first-order chi connectivity index (χ1) is 70.5. The number of aryl methyl sites for hydroxylation is 2. The largest absolute Gasteiger partial charge is 0.468 e. The molecule has 142 heavy (non-hydrogen) atoms. The summed E-state index contributed by atoms with van der Waals surface area (Å²) < 4.78 is 190. The highest BCUT2D eigenvalue weighted by Gasteiger charge is 2.24. The van der Waals surface area contributed by atoms with Gasteiger partial charge in [-0.3, -0.25) is 0 Å². The van der Waals surface area contributed by atoms with E-state index >= 15 is 0 Å². The van der Waals surface area contributed by atoms with Crippen LogP contribution in [0, 0.1) is 13.8 Å². The van der Waals surface area contributed by atoms with E-state index in [9.17, 15) is 0 Å². The Balaban J connectivity index is 0.00000136. The molecule has 8 N–H and O–H groups in total. The monoisotopic (exact) mass is 2060 g/mol. The van der Waals surface area contributed by atoms with Crippen LogP contribution in [0.4, 0.5) is 11.4 Å². The number of aliphatic hydroxyl groups is 6. The Bertz CT molecular complexity index is 2630. The zero-order valence-corrected chi connectivity index (χ0v) is 85.8. The van der Waals surface area contributed by atoms with Gasteiger partial charge in [-0.1, -0.05) is 12.1 Å². The van der Waals surface area contributed by atoms with E-state index < -0.39 is 0 Å². The number of hydrogen-bond donors (Lipinski definition) is 8. The van der Waals surface area contributed by atoms with Crippen molar-refractivity contribution in [3.05, 3.63) is 82.8 Å². The molecule has 0 aliphatic carbocycles. The fourth-order valence-corrected chi connectivity index (χ4v) is 11.7. The van der Waals surface area contributed by atoms with Crippen molar-refractivity contribution in [2.24, 2.45) is 0 Å². The van der Waals surface area contributed by atoms with E-state index in [0.717, 1.165) is 53.9 Å². The molecule has 1 heterocycles. The predicted octanol–water partition coefficient (Wildman–Crippen LogP) is 3.95. The molecule has 3 rings (SSSR count). The summed E-state index contributed by atoms with van der Waals surface area (Å²) in [5.41, 5.74) is 6.73. The third kappa shape index (κ3) is 100. The van der Waals surface area contributed by atoms with E-state index in [4.69, 9.17) is 196 Å². The molecule has 0 aliphatic heterocycles. The minimum atomic E-state index is -0.0644. The first-order valence-corrected chi connectivity index (χ1v) is 50.5. The van der Waals surface area contributed by atoms with Crippen molar-refractivity contribution in [2.45, 2.75) is 45.4 Å². The lowest BCUT2D eigenvalue weighted by Gasteiger charge is -2.22. The maximum absolute atomic E-state index is 8.64. The molecule has 1 aromatic heterocycles. The van der Waals surface area contributed by atoms with Gasteiger partial charge in [0, 0.05) is 50.9 Å². The summed E-state index contributed by atoms with van der Waals surface area (Å²) in [5.74, 6) is 0.825. The third-order valence-electron chi connectivity index (χ3n) is 18.6. The van der Waals surface area contributed by atoms with Gasteiger partial charge in [0.15, 0.2) is 0 Å². The van der Waals surface area contributed by atoms with E-state index in [1.165, 1.54) is 11.1 Å². The summed E-state index contributed by atoms with van der Waals surface area (Å²) in [4.78, 5) is 0. The maximum Gasteiger partial charge on any atom is 0.115 e. The molecule has 836 valence electrons. The number of anilines is 2. The van der Waals surface area contributed by atoms with Crippen molar-refractivity contribution in [3.63, 3.8) is 0 Å². The van der Waals surface area contributed by atoms with Crippen molar-refractivity contribution < 1.29 is 196 Å². The molecule has 0 saturated carbocycles. The molecule has 3 aromatic rings. The second kappa shape index (κ2) is 119. The van der Waals surface area contributed by atoms with Crippen LogP contribution in [0.1, 0.15) is 59.6 Å². The zero-order chi connectivity index (χ0) is 102. The predicted molar refractivity (Wildman–Crippen MR) is 528 cm³/mol. The van der Waals surface area contributed by atoms with E-state index in [1.54, 1.807) is 6.26 Å². The molecular formula is C99H184N2O41.